The minimum Gasteiger partial charge on any atom is -0.352 e. The second-order valence-electron chi connectivity index (χ2n) is 6.89. The van der Waals surface area contributed by atoms with E-state index in [0.717, 1.165) is 16.5 Å². The first kappa shape index (κ1) is 17.9. The van der Waals surface area contributed by atoms with Gasteiger partial charge in [0.1, 0.15) is 12.7 Å². The number of para-hydroxylation sites is 1. The van der Waals surface area contributed by atoms with Crippen molar-refractivity contribution in [1.29, 1.82) is 0 Å². The van der Waals surface area contributed by atoms with Gasteiger partial charge < -0.3 is 5.32 Å². The first-order valence-corrected chi connectivity index (χ1v) is 9.12. The first-order chi connectivity index (χ1) is 13.5. The van der Waals surface area contributed by atoms with E-state index in [2.05, 4.69) is 20.5 Å². The molecule has 4 rings (SSSR count). The van der Waals surface area contributed by atoms with Crippen molar-refractivity contribution in [3.63, 3.8) is 0 Å². The van der Waals surface area contributed by atoms with Gasteiger partial charge in [-0.05, 0) is 36.9 Å². The van der Waals surface area contributed by atoms with E-state index >= 15 is 0 Å². The molecule has 1 atom stereocenters. The van der Waals surface area contributed by atoms with E-state index in [0.29, 0.717) is 18.7 Å². The average molecular weight is 379 g/mol. The fourth-order valence-electron chi connectivity index (χ4n) is 3.33. The average Bonchev–Trinajstić information content (AvgIpc) is 3.29. The van der Waals surface area contributed by atoms with E-state index in [1.807, 2.05) is 44.2 Å². The maximum absolute atomic E-state index is 12.9. The number of fused-ring (bicyclic) bond motifs is 3. The normalized spacial score (nSPS) is 12.5. The fourth-order valence-corrected chi connectivity index (χ4v) is 3.33. The van der Waals surface area contributed by atoms with Gasteiger partial charge in [-0.3, -0.25) is 9.48 Å². The number of nitrogens with one attached hydrogen (secondary N) is 1. The van der Waals surface area contributed by atoms with E-state index in [9.17, 15) is 9.59 Å². The maximum Gasteiger partial charge on any atom is 0.350 e. The summed E-state index contributed by atoms with van der Waals surface area (Å²) in [4.78, 5) is 28.9. The number of pyridine rings is 1. The Morgan fingerprint density at radius 2 is 2.11 bits per heavy atom. The van der Waals surface area contributed by atoms with Crippen LogP contribution in [0.5, 0.6) is 0 Å². The molecule has 9 heteroatoms. The number of nitrogens with zero attached hydrogens (tertiary/aromatic N) is 6. The van der Waals surface area contributed by atoms with Crippen LogP contribution in [0.4, 0.5) is 0 Å². The van der Waals surface area contributed by atoms with Crippen LogP contribution in [0.15, 0.2) is 47.8 Å². The number of carbonyl (C=O) groups is 1. The zero-order valence-corrected chi connectivity index (χ0v) is 15.7. The van der Waals surface area contributed by atoms with Crippen molar-refractivity contribution >= 4 is 22.5 Å². The molecule has 3 heterocycles. The summed E-state index contributed by atoms with van der Waals surface area (Å²) in [6.45, 7) is 4.55. The lowest BCUT2D eigenvalue weighted by Crippen LogP contribution is -2.38. The van der Waals surface area contributed by atoms with E-state index in [1.54, 1.807) is 15.4 Å². The van der Waals surface area contributed by atoms with Crippen molar-refractivity contribution in [2.24, 2.45) is 0 Å². The number of amides is 1. The molecule has 1 amide bonds. The SMILES string of the molecule is Cc1cc2ccccc2n2c(=O)n(C[C@@H](C)NC(=O)CCn3cncn3)nc12. The Morgan fingerprint density at radius 3 is 2.89 bits per heavy atom. The van der Waals surface area contributed by atoms with Crippen LogP contribution in [0.3, 0.4) is 0 Å². The molecule has 28 heavy (non-hydrogen) atoms. The summed E-state index contributed by atoms with van der Waals surface area (Å²) in [5, 5.41) is 12.4. The summed E-state index contributed by atoms with van der Waals surface area (Å²) in [6.07, 6.45) is 3.29. The molecular weight excluding hydrogens is 358 g/mol. The number of carbonyl (C=O) groups excluding carboxylic acids is 1. The van der Waals surface area contributed by atoms with Crippen molar-refractivity contribution < 1.29 is 4.79 Å². The highest BCUT2D eigenvalue weighted by Crippen LogP contribution is 2.17. The molecule has 3 aromatic heterocycles. The summed E-state index contributed by atoms with van der Waals surface area (Å²) < 4.78 is 4.64. The summed E-state index contributed by atoms with van der Waals surface area (Å²) in [5.74, 6) is -0.110. The van der Waals surface area contributed by atoms with Crippen LogP contribution in [-0.4, -0.2) is 40.9 Å². The summed E-state index contributed by atoms with van der Waals surface area (Å²) >= 11 is 0. The Kier molecular flexibility index (Phi) is 4.64. The van der Waals surface area contributed by atoms with Crippen LogP contribution in [0.25, 0.3) is 16.6 Å². The number of aryl methyl sites for hydroxylation is 2. The van der Waals surface area contributed by atoms with E-state index in [4.69, 9.17) is 0 Å². The second kappa shape index (κ2) is 7.26. The van der Waals surface area contributed by atoms with Crippen molar-refractivity contribution in [2.45, 2.75) is 39.4 Å². The van der Waals surface area contributed by atoms with E-state index < -0.39 is 0 Å². The molecule has 0 saturated heterocycles. The minimum atomic E-state index is -0.238. The number of hydrogen-bond acceptors (Lipinski definition) is 5. The van der Waals surface area contributed by atoms with Gasteiger partial charge in [-0.2, -0.15) is 5.10 Å². The highest BCUT2D eigenvalue weighted by atomic mass is 16.2. The molecule has 0 bridgehead atoms. The molecule has 9 nitrogen and oxygen atoms in total. The minimum absolute atomic E-state index is 0.110. The van der Waals surface area contributed by atoms with Crippen LogP contribution in [0.2, 0.25) is 0 Å². The molecule has 144 valence electrons. The van der Waals surface area contributed by atoms with Crippen molar-refractivity contribution in [3.8, 4) is 0 Å². The molecule has 0 radical (unpaired) electrons. The van der Waals surface area contributed by atoms with Gasteiger partial charge in [0.2, 0.25) is 5.91 Å². The molecule has 1 aromatic carbocycles. The summed E-state index contributed by atoms with van der Waals surface area (Å²) in [5.41, 5.74) is 2.18. The Labute approximate surface area is 160 Å². The number of aromatic nitrogens is 6. The molecule has 1 N–H and O–H groups in total. The largest absolute Gasteiger partial charge is 0.352 e. The van der Waals surface area contributed by atoms with Crippen LogP contribution >= 0.6 is 0 Å². The lowest BCUT2D eigenvalue weighted by atomic mass is 10.1. The third-order valence-electron chi connectivity index (χ3n) is 4.63. The zero-order valence-electron chi connectivity index (χ0n) is 15.7. The van der Waals surface area contributed by atoms with Gasteiger partial charge in [-0.1, -0.05) is 18.2 Å². The molecule has 0 aliphatic rings. The number of hydrogen-bond donors (Lipinski definition) is 1. The van der Waals surface area contributed by atoms with Crippen LogP contribution in [-0.2, 0) is 17.9 Å². The van der Waals surface area contributed by atoms with Crippen LogP contribution < -0.4 is 11.0 Å². The first-order valence-electron chi connectivity index (χ1n) is 9.12. The highest BCUT2D eigenvalue weighted by molar-refractivity contribution is 5.83. The molecule has 0 aliphatic carbocycles. The Bertz CT molecular complexity index is 1190. The smallest absolute Gasteiger partial charge is 0.350 e. The van der Waals surface area contributed by atoms with Gasteiger partial charge in [-0.25, -0.2) is 18.9 Å². The van der Waals surface area contributed by atoms with Gasteiger partial charge in [-0.15, -0.1) is 5.10 Å². The second-order valence-corrected chi connectivity index (χ2v) is 6.89. The van der Waals surface area contributed by atoms with Gasteiger partial charge in [0.15, 0.2) is 5.65 Å². The van der Waals surface area contributed by atoms with E-state index in [-0.39, 0.29) is 24.1 Å². The predicted molar refractivity (Wildman–Crippen MR) is 104 cm³/mol. The molecule has 0 saturated carbocycles. The van der Waals surface area contributed by atoms with Gasteiger partial charge >= 0.3 is 5.69 Å². The lowest BCUT2D eigenvalue weighted by molar-refractivity contribution is -0.122. The van der Waals surface area contributed by atoms with Crippen LogP contribution in [0, 0.1) is 6.92 Å². The molecule has 4 aromatic rings. The molecule has 0 unspecified atom stereocenters. The van der Waals surface area contributed by atoms with Crippen molar-refractivity contribution in [2.75, 3.05) is 0 Å². The van der Waals surface area contributed by atoms with Gasteiger partial charge in [0, 0.05) is 12.5 Å². The molecule has 0 aliphatic heterocycles. The van der Waals surface area contributed by atoms with Gasteiger partial charge in [0.05, 0.1) is 18.6 Å². The standard InChI is InChI=1S/C19H21N7O2/c1-13-9-15-5-3-4-6-16(15)26-18(13)23-25(19(26)28)10-14(2)22-17(27)7-8-24-12-20-11-21-24/h3-6,9,11-12,14H,7-8,10H2,1-2H3,(H,22,27)/t14-/m1/s1. The number of rotatable bonds is 6. The number of benzene rings is 1. The predicted octanol–water partition coefficient (Wildman–Crippen LogP) is 1.14. The molecule has 0 spiro atoms. The Morgan fingerprint density at radius 1 is 1.29 bits per heavy atom. The highest BCUT2D eigenvalue weighted by Gasteiger charge is 2.15. The van der Waals surface area contributed by atoms with Crippen molar-refractivity contribution in [1.82, 2.24) is 34.3 Å². The quantitative estimate of drug-likeness (QED) is 0.542. The van der Waals surface area contributed by atoms with Gasteiger partial charge in [0.25, 0.3) is 0 Å². The topological polar surface area (TPSA) is 99.1 Å². The van der Waals surface area contributed by atoms with Crippen LogP contribution in [0.1, 0.15) is 18.9 Å². The summed E-state index contributed by atoms with van der Waals surface area (Å²) in [7, 11) is 0. The lowest BCUT2D eigenvalue weighted by Gasteiger charge is -2.13. The summed E-state index contributed by atoms with van der Waals surface area (Å²) in [6, 6.07) is 9.52. The van der Waals surface area contributed by atoms with E-state index in [1.165, 1.54) is 11.0 Å². The monoisotopic (exact) mass is 379 g/mol. The Hall–Kier alpha value is -3.49. The van der Waals surface area contributed by atoms with Crippen molar-refractivity contribution in [3.05, 3.63) is 59.0 Å². The maximum atomic E-state index is 12.9. The fraction of sp³-hybridized carbons (Fsp3) is 0.316. The third-order valence-corrected chi connectivity index (χ3v) is 4.63. The zero-order chi connectivity index (χ0) is 19.7. The Balaban J connectivity index is 1.52. The third kappa shape index (κ3) is 3.38. The molecule has 0 fully saturated rings. The molecular formula is C19H21N7O2.